The predicted molar refractivity (Wildman–Crippen MR) is 123 cm³/mol. The van der Waals surface area contributed by atoms with Gasteiger partial charge in [0.05, 0.1) is 23.9 Å². The molecular formula is C24H20ClN3O5. The lowest BCUT2D eigenvalue weighted by Crippen LogP contribution is -2.35. The Morgan fingerprint density at radius 3 is 2.61 bits per heavy atom. The fourth-order valence-electron chi connectivity index (χ4n) is 3.51. The molecular weight excluding hydrogens is 446 g/mol. The highest BCUT2D eigenvalue weighted by Gasteiger charge is 2.25. The van der Waals surface area contributed by atoms with E-state index in [4.69, 9.17) is 36.0 Å². The van der Waals surface area contributed by atoms with Gasteiger partial charge in [0.2, 0.25) is 5.76 Å². The number of fused-ring (bicyclic) bond motifs is 1. The number of nitrogens with one attached hydrogen (secondary N) is 1. The molecule has 0 radical (unpaired) electrons. The van der Waals surface area contributed by atoms with E-state index in [0.29, 0.717) is 40.8 Å². The summed E-state index contributed by atoms with van der Waals surface area (Å²) >= 11 is 5.82. The third-order valence-corrected chi connectivity index (χ3v) is 5.34. The van der Waals surface area contributed by atoms with Gasteiger partial charge in [-0.3, -0.25) is 4.79 Å². The molecule has 1 aliphatic heterocycles. The normalized spacial score (nSPS) is 18.2. The monoisotopic (exact) mass is 465 g/mol. The molecule has 168 valence electrons. The highest BCUT2D eigenvalue weighted by Crippen LogP contribution is 2.33. The van der Waals surface area contributed by atoms with Crippen LogP contribution in [0.3, 0.4) is 0 Å². The number of pyridine rings is 1. The number of amides is 1. The molecule has 33 heavy (non-hydrogen) atoms. The van der Waals surface area contributed by atoms with Crippen LogP contribution in [-0.2, 0) is 9.47 Å². The molecule has 1 saturated heterocycles. The highest BCUT2D eigenvalue weighted by molar-refractivity contribution is 6.30. The Morgan fingerprint density at radius 1 is 1.09 bits per heavy atom. The molecule has 1 fully saturated rings. The largest absolute Gasteiger partial charge is 0.486 e. The molecule has 2 aromatic heterocycles. The number of carbonyl (C=O) groups is 1. The van der Waals surface area contributed by atoms with Crippen LogP contribution in [0.15, 0.2) is 71.3 Å². The van der Waals surface area contributed by atoms with E-state index in [0.717, 1.165) is 5.56 Å². The van der Waals surface area contributed by atoms with Crippen molar-refractivity contribution >= 4 is 40.0 Å². The Balaban J connectivity index is 1.26. The Hall–Kier alpha value is -3.59. The van der Waals surface area contributed by atoms with E-state index in [9.17, 15) is 4.79 Å². The van der Waals surface area contributed by atoms with Crippen molar-refractivity contribution in [1.29, 1.82) is 0 Å². The molecule has 0 atom stereocenters. The second kappa shape index (κ2) is 9.11. The Bertz CT molecular complexity index is 1270. The summed E-state index contributed by atoms with van der Waals surface area (Å²) in [4.78, 5) is 16.7. The molecule has 0 aliphatic carbocycles. The van der Waals surface area contributed by atoms with Gasteiger partial charge < -0.3 is 29.7 Å². The molecule has 3 heterocycles. The van der Waals surface area contributed by atoms with Gasteiger partial charge in [-0.1, -0.05) is 41.9 Å². The number of benzene rings is 2. The highest BCUT2D eigenvalue weighted by atomic mass is 35.5. The van der Waals surface area contributed by atoms with Crippen LogP contribution in [0.4, 0.5) is 11.5 Å². The number of nitrogen functional groups attached to an aromatic ring is 1. The summed E-state index contributed by atoms with van der Waals surface area (Å²) in [6, 6.07) is 18.1. The number of nitrogens with zero attached hydrogens (tertiary/aromatic N) is 1. The summed E-state index contributed by atoms with van der Waals surface area (Å²) in [5.74, 6) is 0.382. The van der Waals surface area contributed by atoms with Crippen molar-refractivity contribution in [3.05, 3.63) is 83.2 Å². The molecule has 4 aromatic rings. The first-order valence-corrected chi connectivity index (χ1v) is 10.6. The molecule has 1 amide bonds. The first kappa shape index (κ1) is 21.3. The Kier molecular flexibility index (Phi) is 5.87. The van der Waals surface area contributed by atoms with Crippen LogP contribution >= 0.6 is 11.6 Å². The minimum Gasteiger partial charge on any atom is -0.486 e. The molecule has 0 spiro atoms. The van der Waals surface area contributed by atoms with E-state index in [2.05, 4.69) is 10.3 Å². The van der Waals surface area contributed by atoms with Gasteiger partial charge in [-0.2, -0.15) is 0 Å². The molecule has 1 aliphatic rings. The lowest BCUT2D eigenvalue weighted by Gasteiger charge is -2.29. The molecule has 0 saturated carbocycles. The molecule has 0 bridgehead atoms. The van der Waals surface area contributed by atoms with E-state index >= 15 is 0 Å². The fourth-order valence-corrected chi connectivity index (χ4v) is 3.62. The molecule has 8 nitrogen and oxygen atoms in total. The van der Waals surface area contributed by atoms with Crippen LogP contribution in [0.5, 0.6) is 5.75 Å². The quantitative estimate of drug-likeness (QED) is 0.435. The number of aromatic nitrogens is 1. The summed E-state index contributed by atoms with van der Waals surface area (Å²) in [6.45, 7) is 0.750. The standard InChI is InChI=1S/C24H20ClN3O5/c25-15-6-9-20(27-11-15)28-23(29)22-21(26)18-10-16(7-8-19(18)33-22)32-17-12-30-24(31-13-17)14-4-2-1-3-5-14/h1-11,17,24H,12-13,26H2,(H,27,28,29). The number of rotatable bonds is 5. The number of carbonyl (C=O) groups excluding carboxylic acids is 1. The van der Waals surface area contributed by atoms with Gasteiger partial charge in [-0.25, -0.2) is 4.98 Å². The predicted octanol–water partition coefficient (Wildman–Crippen LogP) is 4.81. The van der Waals surface area contributed by atoms with Crippen molar-refractivity contribution in [2.24, 2.45) is 0 Å². The van der Waals surface area contributed by atoms with E-state index in [1.54, 1.807) is 30.3 Å². The van der Waals surface area contributed by atoms with Crippen molar-refractivity contribution in [3.63, 3.8) is 0 Å². The SMILES string of the molecule is Nc1c(C(=O)Nc2ccc(Cl)cn2)oc2ccc(OC3COC(c4ccccc4)OC3)cc12. The average Bonchev–Trinajstić information content (AvgIpc) is 3.18. The summed E-state index contributed by atoms with van der Waals surface area (Å²) in [5, 5.41) is 3.68. The number of hydrogen-bond acceptors (Lipinski definition) is 7. The maximum atomic E-state index is 12.6. The van der Waals surface area contributed by atoms with E-state index in [1.165, 1.54) is 6.20 Å². The maximum Gasteiger partial charge on any atom is 0.294 e. The van der Waals surface area contributed by atoms with Gasteiger partial charge in [0.25, 0.3) is 5.91 Å². The lowest BCUT2D eigenvalue weighted by atomic mass is 10.2. The molecule has 5 rings (SSSR count). The van der Waals surface area contributed by atoms with Crippen LogP contribution in [0.25, 0.3) is 11.0 Å². The smallest absolute Gasteiger partial charge is 0.294 e. The number of hydrogen-bond donors (Lipinski definition) is 2. The first-order chi connectivity index (χ1) is 16.1. The third kappa shape index (κ3) is 4.63. The molecule has 2 aromatic carbocycles. The molecule has 3 N–H and O–H groups in total. The number of halogens is 1. The van der Waals surface area contributed by atoms with Crippen molar-refractivity contribution in [3.8, 4) is 5.75 Å². The second-order valence-electron chi connectivity index (χ2n) is 7.47. The zero-order valence-electron chi connectivity index (χ0n) is 17.4. The van der Waals surface area contributed by atoms with Gasteiger partial charge >= 0.3 is 0 Å². The average molecular weight is 466 g/mol. The van der Waals surface area contributed by atoms with Crippen LogP contribution in [0.1, 0.15) is 22.4 Å². The number of anilines is 2. The summed E-state index contributed by atoms with van der Waals surface area (Å²) < 4.78 is 23.3. The molecule has 0 unspecified atom stereocenters. The maximum absolute atomic E-state index is 12.6. The van der Waals surface area contributed by atoms with Crippen LogP contribution < -0.4 is 15.8 Å². The van der Waals surface area contributed by atoms with Gasteiger partial charge in [0, 0.05) is 17.1 Å². The van der Waals surface area contributed by atoms with Crippen molar-refractivity contribution in [1.82, 2.24) is 4.98 Å². The lowest BCUT2D eigenvalue weighted by molar-refractivity contribution is -0.215. The Morgan fingerprint density at radius 2 is 1.88 bits per heavy atom. The summed E-state index contributed by atoms with van der Waals surface area (Å²) in [7, 11) is 0. The minimum atomic E-state index is -0.512. The second-order valence-corrected chi connectivity index (χ2v) is 7.90. The van der Waals surface area contributed by atoms with E-state index in [1.807, 2.05) is 30.3 Å². The zero-order valence-corrected chi connectivity index (χ0v) is 18.1. The number of ether oxygens (including phenoxy) is 3. The number of furan rings is 1. The van der Waals surface area contributed by atoms with Gasteiger partial charge in [0.1, 0.15) is 23.3 Å². The van der Waals surface area contributed by atoms with E-state index in [-0.39, 0.29) is 17.6 Å². The van der Waals surface area contributed by atoms with Gasteiger partial charge in [-0.05, 0) is 30.3 Å². The van der Waals surface area contributed by atoms with Crippen LogP contribution in [0, 0.1) is 0 Å². The number of nitrogens with two attached hydrogens (primary N) is 1. The van der Waals surface area contributed by atoms with E-state index < -0.39 is 12.2 Å². The van der Waals surface area contributed by atoms with Crippen molar-refractivity contribution in [2.45, 2.75) is 12.4 Å². The third-order valence-electron chi connectivity index (χ3n) is 5.11. The van der Waals surface area contributed by atoms with Gasteiger partial charge in [-0.15, -0.1) is 0 Å². The molecule has 9 heteroatoms. The summed E-state index contributed by atoms with van der Waals surface area (Å²) in [6.07, 6.45) is 0.743. The Labute approximate surface area is 194 Å². The van der Waals surface area contributed by atoms with Crippen molar-refractivity contribution in [2.75, 3.05) is 24.3 Å². The zero-order chi connectivity index (χ0) is 22.8. The van der Waals surface area contributed by atoms with Crippen molar-refractivity contribution < 1.29 is 23.4 Å². The summed E-state index contributed by atoms with van der Waals surface area (Å²) in [5.41, 5.74) is 7.84. The fraction of sp³-hybridized carbons (Fsp3) is 0.167. The topological polar surface area (TPSA) is 109 Å². The van der Waals surface area contributed by atoms with Gasteiger partial charge in [0.15, 0.2) is 6.29 Å². The van der Waals surface area contributed by atoms with Crippen LogP contribution in [0.2, 0.25) is 5.02 Å². The van der Waals surface area contributed by atoms with Crippen LogP contribution in [-0.4, -0.2) is 30.2 Å². The first-order valence-electron chi connectivity index (χ1n) is 10.3. The minimum absolute atomic E-state index is 0.00561.